The smallest absolute Gasteiger partial charge is 0.254 e. The zero-order valence-electron chi connectivity index (χ0n) is 12.8. The first kappa shape index (κ1) is 15.6. The minimum atomic E-state index is -0.0336. The van der Waals surface area contributed by atoms with Gasteiger partial charge in [-0.2, -0.15) is 0 Å². The Morgan fingerprint density at radius 1 is 1.04 bits per heavy atom. The molecule has 1 amide bonds. The van der Waals surface area contributed by atoms with Crippen molar-refractivity contribution in [1.82, 2.24) is 4.90 Å². The number of benzene rings is 2. The molecule has 2 aromatic carbocycles. The number of rotatable bonds is 4. The molecule has 0 atom stereocenters. The summed E-state index contributed by atoms with van der Waals surface area (Å²) in [7, 11) is 0. The Labute approximate surface area is 149 Å². The third-order valence-corrected chi connectivity index (χ3v) is 4.94. The van der Waals surface area contributed by atoms with Gasteiger partial charge in [-0.25, -0.2) is 0 Å². The van der Waals surface area contributed by atoms with Crippen LogP contribution in [0.25, 0.3) is 0 Å². The van der Waals surface area contributed by atoms with Crippen molar-refractivity contribution < 1.29 is 14.3 Å². The normalized spacial score (nSPS) is 15.4. The average molecular weight is 364 g/mol. The van der Waals surface area contributed by atoms with Crippen molar-refractivity contribution in [2.75, 3.05) is 6.79 Å². The number of carbonyl (C=O) groups excluding carboxylic acids is 1. The van der Waals surface area contributed by atoms with E-state index >= 15 is 0 Å². The predicted molar refractivity (Wildman–Crippen MR) is 91.9 cm³/mol. The van der Waals surface area contributed by atoms with Gasteiger partial charge in [0.15, 0.2) is 11.5 Å². The van der Waals surface area contributed by atoms with Gasteiger partial charge in [0.2, 0.25) is 6.79 Å². The van der Waals surface area contributed by atoms with Gasteiger partial charge in [0, 0.05) is 18.2 Å². The molecule has 124 valence electrons. The predicted octanol–water partition coefficient (Wildman–Crippen LogP) is 4.53. The van der Waals surface area contributed by atoms with Crippen LogP contribution in [-0.4, -0.2) is 23.6 Å². The molecule has 4 nitrogen and oxygen atoms in total. The van der Waals surface area contributed by atoms with E-state index in [0.717, 1.165) is 29.9 Å². The highest BCUT2D eigenvalue weighted by Gasteiger charge is 2.33. The maximum absolute atomic E-state index is 12.9. The highest BCUT2D eigenvalue weighted by Crippen LogP contribution is 2.35. The van der Waals surface area contributed by atoms with Crippen molar-refractivity contribution in [2.45, 2.75) is 25.4 Å². The topological polar surface area (TPSA) is 38.8 Å². The first-order valence-electron chi connectivity index (χ1n) is 7.76. The van der Waals surface area contributed by atoms with Crippen molar-refractivity contribution in [1.29, 1.82) is 0 Å². The van der Waals surface area contributed by atoms with Gasteiger partial charge in [0.1, 0.15) is 0 Å². The van der Waals surface area contributed by atoms with Crippen LogP contribution in [0.1, 0.15) is 28.8 Å². The highest BCUT2D eigenvalue weighted by atomic mass is 35.5. The molecule has 0 aromatic heterocycles. The summed E-state index contributed by atoms with van der Waals surface area (Å²) in [4.78, 5) is 14.8. The van der Waals surface area contributed by atoms with Crippen LogP contribution in [-0.2, 0) is 6.54 Å². The molecule has 2 aromatic rings. The van der Waals surface area contributed by atoms with Crippen LogP contribution in [0.15, 0.2) is 36.4 Å². The van der Waals surface area contributed by atoms with Crippen LogP contribution in [0.3, 0.4) is 0 Å². The number of ether oxygens (including phenoxy) is 2. The monoisotopic (exact) mass is 363 g/mol. The lowest BCUT2D eigenvalue weighted by Crippen LogP contribution is -2.32. The summed E-state index contributed by atoms with van der Waals surface area (Å²) in [6, 6.07) is 11.0. The Kier molecular flexibility index (Phi) is 4.02. The second-order valence-corrected chi connectivity index (χ2v) is 6.80. The van der Waals surface area contributed by atoms with Crippen LogP contribution in [0.4, 0.5) is 0 Å². The molecule has 6 heteroatoms. The second-order valence-electron chi connectivity index (χ2n) is 5.98. The van der Waals surface area contributed by atoms with Gasteiger partial charge in [-0.05, 0) is 48.7 Å². The summed E-state index contributed by atoms with van der Waals surface area (Å²) in [6.45, 7) is 0.772. The van der Waals surface area contributed by atoms with E-state index in [-0.39, 0.29) is 18.7 Å². The number of hydrogen-bond acceptors (Lipinski definition) is 3. The van der Waals surface area contributed by atoms with Gasteiger partial charge in [-0.3, -0.25) is 4.79 Å². The molecule has 2 aliphatic rings. The van der Waals surface area contributed by atoms with Crippen molar-refractivity contribution in [2.24, 2.45) is 0 Å². The number of carbonyl (C=O) groups is 1. The van der Waals surface area contributed by atoms with Crippen molar-refractivity contribution in [3.8, 4) is 11.5 Å². The molecule has 1 aliphatic heterocycles. The van der Waals surface area contributed by atoms with Gasteiger partial charge < -0.3 is 14.4 Å². The van der Waals surface area contributed by atoms with E-state index in [1.165, 1.54) is 0 Å². The number of nitrogens with zero attached hydrogens (tertiary/aromatic N) is 1. The molecule has 1 heterocycles. The van der Waals surface area contributed by atoms with Crippen LogP contribution >= 0.6 is 23.2 Å². The summed E-state index contributed by atoms with van der Waals surface area (Å²) in [5, 5.41) is 0.836. The molecule has 1 saturated carbocycles. The van der Waals surface area contributed by atoms with Gasteiger partial charge in [-0.1, -0.05) is 29.3 Å². The molecule has 0 radical (unpaired) electrons. The van der Waals surface area contributed by atoms with E-state index in [9.17, 15) is 4.79 Å². The summed E-state index contributed by atoms with van der Waals surface area (Å²) in [5.41, 5.74) is 1.57. The van der Waals surface area contributed by atoms with E-state index in [1.54, 1.807) is 18.2 Å². The number of hydrogen-bond donors (Lipinski definition) is 0. The molecule has 0 unspecified atom stereocenters. The van der Waals surface area contributed by atoms with Gasteiger partial charge in [-0.15, -0.1) is 0 Å². The Bertz CT molecular complexity index is 805. The van der Waals surface area contributed by atoms with Crippen LogP contribution in [0.5, 0.6) is 11.5 Å². The lowest BCUT2D eigenvalue weighted by Gasteiger charge is -2.23. The Morgan fingerprint density at radius 3 is 2.58 bits per heavy atom. The minimum Gasteiger partial charge on any atom is -0.454 e. The summed E-state index contributed by atoms with van der Waals surface area (Å²) >= 11 is 12.0. The lowest BCUT2D eigenvalue weighted by atomic mass is 10.1. The lowest BCUT2D eigenvalue weighted by molar-refractivity contribution is 0.0729. The third kappa shape index (κ3) is 3.04. The first-order chi connectivity index (χ1) is 11.6. The van der Waals surface area contributed by atoms with Crippen molar-refractivity contribution in [3.63, 3.8) is 0 Å². The fourth-order valence-corrected chi connectivity index (χ4v) is 3.08. The molecular formula is C18H15Cl2NO3. The zero-order chi connectivity index (χ0) is 16.7. The molecule has 24 heavy (non-hydrogen) atoms. The molecular weight excluding hydrogens is 349 g/mol. The molecule has 1 aliphatic carbocycles. The van der Waals surface area contributed by atoms with Gasteiger partial charge in [0.05, 0.1) is 10.0 Å². The quantitative estimate of drug-likeness (QED) is 0.800. The average Bonchev–Trinajstić information content (AvgIpc) is 3.31. The number of halogens is 2. The third-order valence-electron chi connectivity index (χ3n) is 4.20. The van der Waals surface area contributed by atoms with Crippen molar-refractivity contribution in [3.05, 3.63) is 57.6 Å². The number of amides is 1. The van der Waals surface area contributed by atoms with Gasteiger partial charge >= 0.3 is 0 Å². The number of fused-ring (bicyclic) bond motifs is 1. The Morgan fingerprint density at radius 2 is 1.83 bits per heavy atom. The van der Waals surface area contributed by atoms with Crippen LogP contribution in [0, 0.1) is 0 Å². The van der Waals surface area contributed by atoms with E-state index in [2.05, 4.69) is 0 Å². The molecule has 0 spiro atoms. The van der Waals surface area contributed by atoms with Crippen LogP contribution in [0.2, 0.25) is 10.0 Å². The SMILES string of the molecule is O=C(c1ccc(Cl)c(Cl)c1)N(Cc1ccc2c(c1)OCO2)C1CC1. The Balaban J connectivity index is 1.58. The van der Waals surface area contributed by atoms with E-state index < -0.39 is 0 Å². The summed E-state index contributed by atoms with van der Waals surface area (Å²) in [5.74, 6) is 1.44. The summed E-state index contributed by atoms with van der Waals surface area (Å²) < 4.78 is 10.7. The second kappa shape index (κ2) is 6.19. The summed E-state index contributed by atoms with van der Waals surface area (Å²) in [6.07, 6.45) is 2.05. The molecule has 0 bridgehead atoms. The fourth-order valence-electron chi connectivity index (χ4n) is 2.78. The fraction of sp³-hybridized carbons (Fsp3) is 0.278. The first-order valence-corrected chi connectivity index (χ1v) is 8.52. The highest BCUT2D eigenvalue weighted by molar-refractivity contribution is 6.42. The molecule has 0 N–H and O–H groups in total. The van der Waals surface area contributed by atoms with E-state index in [4.69, 9.17) is 32.7 Å². The standard InChI is InChI=1S/C18H15Cl2NO3/c19-14-5-2-12(8-15(14)20)18(22)21(13-3-4-13)9-11-1-6-16-17(7-11)24-10-23-16/h1-2,5-8,13H,3-4,9-10H2. The maximum atomic E-state index is 12.9. The van der Waals surface area contributed by atoms with Gasteiger partial charge in [0.25, 0.3) is 5.91 Å². The zero-order valence-corrected chi connectivity index (χ0v) is 14.3. The maximum Gasteiger partial charge on any atom is 0.254 e. The van der Waals surface area contributed by atoms with E-state index in [0.29, 0.717) is 22.2 Å². The molecule has 4 rings (SSSR count). The molecule has 1 fully saturated rings. The van der Waals surface area contributed by atoms with Crippen LogP contribution < -0.4 is 9.47 Å². The van der Waals surface area contributed by atoms with Crippen molar-refractivity contribution >= 4 is 29.1 Å². The molecule has 0 saturated heterocycles. The largest absolute Gasteiger partial charge is 0.454 e. The van der Waals surface area contributed by atoms with E-state index in [1.807, 2.05) is 23.1 Å². The Hall–Kier alpha value is -1.91. The minimum absolute atomic E-state index is 0.0336.